The highest BCUT2D eigenvalue weighted by Gasteiger charge is 2.28. The maximum Gasteiger partial charge on any atom is 0.246 e. The van der Waals surface area contributed by atoms with Crippen molar-refractivity contribution >= 4 is 25.7 Å². The second-order valence-electron chi connectivity index (χ2n) is 5.38. The second-order valence-corrected chi connectivity index (χ2v) is 9.30. The van der Waals surface area contributed by atoms with Crippen LogP contribution in [-0.2, 0) is 20.0 Å². The fourth-order valence-electron chi connectivity index (χ4n) is 2.40. The molecule has 2 N–H and O–H groups in total. The lowest BCUT2D eigenvalue weighted by molar-refractivity contribution is 0.393. The zero-order valence-corrected chi connectivity index (χ0v) is 15.4. The number of sulfonamides is 2. The van der Waals surface area contributed by atoms with E-state index in [1.165, 1.54) is 36.5 Å². The third kappa shape index (κ3) is 4.38. The maximum absolute atomic E-state index is 12.9. The molecule has 1 heterocycles. The molecule has 1 fully saturated rings. The predicted molar refractivity (Wildman–Crippen MR) is 92.3 cm³/mol. The molecule has 2 rings (SSSR count). The van der Waals surface area contributed by atoms with E-state index in [0.29, 0.717) is 19.6 Å². The van der Waals surface area contributed by atoms with Crippen LogP contribution in [0.15, 0.2) is 23.1 Å². The van der Waals surface area contributed by atoms with E-state index >= 15 is 0 Å². The quantitative estimate of drug-likeness (QED) is 0.745. The van der Waals surface area contributed by atoms with Crippen molar-refractivity contribution in [2.45, 2.75) is 18.2 Å². The van der Waals surface area contributed by atoms with Gasteiger partial charge in [0.05, 0.1) is 18.6 Å². The normalized spacial score (nSPS) is 17.2. The van der Waals surface area contributed by atoms with Gasteiger partial charge >= 0.3 is 0 Å². The van der Waals surface area contributed by atoms with E-state index in [1.54, 1.807) is 0 Å². The van der Waals surface area contributed by atoms with Crippen molar-refractivity contribution in [2.75, 3.05) is 43.8 Å². The molecule has 0 spiro atoms. The van der Waals surface area contributed by atoms with Gasteiger partial charge in [0.15, 0.2) is 0 Å². The van der Waals surface area contributed by atoms with E-state index in [2.05, 4.69) is 10.0 Å². The van der Waals surface area contributed by atoms with Gasteiger partial charge in [-0.3, -0.25) is 4.72 Å². The Balaban J connectivity index is 2.35. The van der Waals surface area contributed by atoms with Crippen LogP contribution in [-0.4, -0.2) is 60.2 Å². The summed E-state index contributed by atoms with van der Waals surface area (Å²) in [6, 6.07) is 4.19. The molecular weight excluding hydrogens is 354 g/mol. The van der Waals surface area contributed by atoms with Gasteiger partial charge in [0, 0.05) is 25.7 Å². The Labute approximate surface area is 143 Å². The number of methoxy groups -OCH3 is 1. The zero-order valence-electron chi connectivity index (χ0n) is 13.8. The largest absolute Gasteiger partial charge is 0.495 e. The third-order valence-corrected chi connectivity index (χ3v) is 6.98. The molecule has 0 atom stereocenters. The molecule has 0 aromatic heterocycles. The molecule has 0 unspecified atom stereocenters. The van der Waals surface area contributed by atoms with Crippen LogP contribution in [0.25, 0.3) is 0 Å². The molecule has 0 saturated carbocycles. The van der Waals surface area contributed by atoms with Gasteiger partial charge in [0.25, 0.3) is 0 Å². The standard InChI is InChI=1S/C14H23N3O5S2/c1-3-23(18,19)16-12-5-6-14(13(11-12)22-2)24(20,21)17-9-4-7-15-8-10-17/h5-6,11,15-16H,3-4,7-10H2,1-2H3. The van der Waals surface area contributed by atoms with Gasteiger partial charge in [-0.2, -0.15) is 4.31 Å². The van der Waals surface area contributed by atoms with Crippen molar-refractivity contribution < 1.29 is 21.6 Å². The van der Waals surface area contributed by atoms with Crippen LogP contribution in [0.1, 0.15) is 13.3 Å². The summed E-state index contributed by atoms with van der Waals surface area (Å²) < 4.78 is 58.0. The van der Waals surface area contributed by atoms with E-state index in [9.17, 15) is 16.8 Å². The van der Waals surface area contributed by atoms with Crippen molar-refractivity contribution in [3.63, 3.8) is 0 Å². The summed E-state index contributed by atoms with van der Waals surface area (Å²) in [5, 5.41) is 3.16. The molecule has 1 aromatic rings. The van der Waals surface area contributed by atoms with Gasteiger partial charge in [0.1, 0.15) is 10.6 Å². The summed E-state index contributed by atoms with van der Waals surface area (Å²) in [7, 11) is -5.79. The van der Waals surface area contributed by atoms with Crippen molar-refractivity contribution in [1.29, 1.82) is 0 Å². The molecule has 1 aliphatic rings. The Morgan fingerprint density at radius 1 is 1.21 bits per heavy atom. The van der Waals surface area contributed by atoms with E-state index in [1.807, 2.05) is 0 Å². The van der Waals surface area contributed by atoms with Gasteiger partial charge in [-0.05, 0) is 32.0 Å². The molecule has 0 radical (unpaired) electrons. The summed E-state index contributed by atoms with van der Waals surface area (Å²) >= 11 is 0. The van der Waals surface area contributed by atoms with Crippen LogP contribution in [0.4, 0.5) is 5.69 Å². The molecular formula is C14H23N3O5S2. The number of ether oxygens (including phenoxy) is 1. The fourth-order valence-corrected chi connectivity index (χ4v) is 4.64. The average Bonchev–Trinajstić information content (AvgIpc) is 2.84. The summed E-state index contributed by atoms with van der Waals surface area (Å²) in [5.74, 6) is 0.0411. The molecule has 0 aliphatic carbocycles. The minimum atomic E-state index is -3.70. The number of nitrogens with one attached hydrogen (secondary N) is 2. The van der Waals surface area contributed by atoms with Crippen LogP contribution in [0.3, 0.4) is 0 Å². The SMILES string of the molecule is CCS(=O)(=O)Nc1ccc(S(=O)(=O)N2CCCNCC2)c(OC)c1. The zero-order chi connectivity index (χ0) is 17.8. The summed E-state index contributed by atoms with van der Waals surface area (Å²) in [6.45, 7) is 3.71. The van der Waals surface area contributed by atoms with Gasteiger partial charge < -0.3 is 10.1 Å². The van der Waals surface area contributed by atoms with Gasteiger partial charge in [-0.15, -0.1) is 0 Å². The fraction of sp³-hybridized carbons (Fsp3) is 0.571. The van der Waals surface area contributed by atoms with Crippen molar-refractivity contribution in [2.24, 2.45) is 0 Å². The molecule has 8 nitrogen and oxygen atoms in total. The molecule has 1 aromatic carbocycles. The molecule has 1 saturated heterocycles. The van der Waals surface area contributed by atoms with Crippen molar-refractivity contribution in [3.8, 4) is 5.75 Å². The summed E-state index contributed by atoms with van der Waals surface area (Å²) in [5.41, 5.74) is 0.269. The first-order valence-corrected chi connectivity index (χ1v) is 10.8. The first-order valence-electron chi connectivity index (χ1n) is 7.69. The first-order chi connectivity index (χ1) is 11.3. The van der Waals surface area contributed by atoms with Gasteiger partial charge in [-0.25, -0.2) is 16.8 Å². The molecule has 1 aliphatic heterocycles. The molecule has 136 valence electrons. The second kappa shape index (κ2) is 7.68. The van der Waals surface area contributed by atoms with Crippen LogP contribution in [0.2, 0.25) is 0 Å². The van der Waals surface area contributed by atoms with Crippen LogP contribution in [0.5, 0.6) is 5.75 Å². The monoisotopic (exact) mass is 377 g/mol. The Kier molecular flexibility index (Phi) is 6.07. The van der Waals surface area contributed by atoms with E-state index in [-0.39, 0.29) is 22.1 Å². The molecule has 24 heavy (non-hydrogen) atoms. The smallest absolute Gasteiger partial charge is 0.246 e. The van der Waals surface area contributed by atoms with Crippen molar-refractivity contribution in [3.05, 3.63) is 18.2 Å². The van der Waals surface area contributed by atoms with Gasteiger partial charge in [0.2, 0.25) is 20.0 Å². The number of nitrogens with zero attached hydrogens (tertiary/aromatic N) is 1. The Morgan fingerprint density at radius 2 is 1.96 bits per heavy atom. The highest BCUT2D eigenvalue weighted by atomic mass is 32.2. The number of rotatable bonds is 6. The van der Waals surface area contributed by atoms with Crippen LogP contribution < -0.4 is 14.8 Å². The highest BCUT2D eigenvalue weighted by Crippen LogP contribution is 2.30. The Morgan fingerprint density at radius 3 is 2.62 bits per heavy atom. The average molecular weight is 377 g/mol. The minimum Gasteiger partial charge on any atom is -0.495 e. The number of anilines is 1. The number of hydrogen-bond donors (Lipinski definition) is 2. The lowest BCUT2D eigenvalue weighted by Gasteiger charge is -2.21. The van der Waals surface area contributed by atoms with Gasteiger partial charge in [-0.1, -0.05) is 0 Å². The topological polar surface area (TPSA) is 105 Å². The Bertz CT molecular complexity index is 770. The van der Waals surface area contributed by atoms with E-state index < -0.39 is 20.0 Å². The Hall–Kier alpha value is -1.36. The summed E-state index contributed by atoms with van der Waals surface area (Å²) in [6.07, 6.45) is 0.732. The third-order valence-electron chi connectivity index (χ3n) is 3.73. The lowest BCUT2D eigenvalue weighted by atomic mass is 10.3. The van der Waals surface area contributed by atoms with Crippen LogP contribution >= 0.6 is 0 Å². The van der Waals surface area contributed by atoms with Crippen LogP contribution in [0, 0.1) is 0 Å². The predicted octanol–water partition coefficient (Wildman–Crippen LogP) is 0.441. The van der Waals surface area contributed by atoms with E-state index in [4.69, 9.17) is 4.74 Å². The number of benzene rings is 1. The minimum absolute atomic E-state index is 0.0337. The molecule has 0 amide bonds. The first kappa shape index (κ1) is 19.0. The highest BCUT2D eigenvalue weighted by molar-refractivity contribution is 7.92. The molecule has 0 bridgehead atoms. The van der Waals surface area contributed by atoms with E-state index in [0.717, 1.165) is 13.0 Å². The molecule has 10 heteroatoms. The number of hydrogen-bond acceptors (Lipinski definition) is 6. The lowest BCUT2D eigenvalue weighted by Crippen LogP contribution is -2.34. The van der Waals surface area contributed by atoms with Crippen molar-refractivity contribution in [1.82, 2.24) is 9.62 Å². The maximum atomic E-state index is 12.9. The summed E-state index contributed by atoms with van der Waals surface area (Å²) in [4.78, 5) is 0.0337.